The minimum atomic E-state index is -0.349. The maximum atomic E-state index is 11.9. The Hall–Kier alpha value is -1.62. The van der Waals surface area contributed by atoms with Crippen molar-refractivity contribution in [2.24, 2.45) is 10.6 Å². The number of hydrogen-bond donors (Lipinski definition) is 0. The molecule has 3 rings (SSSR count). The van der Waals surface area contributed by atoms with Crippen LogP contribution >= 0.6 is 11.3 Å². The summed E-state index contributed by atoms with van der Waals surface area (Å²) in [6.07, 6.45) is 5.77. The molecule has 0 N–H and O–H groups in total. The van der Waals surface area contributed by atoms with Crippen LogP contribution in [0.3, 0.4) is 0 Å². The van der Waals surface area contributed by atoms with Crippen molar-refractivity contribution in [3.8, 4) is 0 Å². The van der Waals surface area contributed by atoms with Crippen molar-refractivity contribution < 1.29 is 9.63 Å². The van der Waals surface area contributed by atoms with Crippen molar-refractivity contribution in [3.05, 3.63) is 22.6 Å². The quantitative estimate of drug-likeness (QED) is 0.609. The molecule has 0 saturated carbocycles. The number of rotatable bonds is 2. The van der Waals surface area contributed by atoms with Gasteiger partial charge >= 0.3 is 5.97 Å². The van der Waals surface area contributed by atoms with Crippen LogP contribution < -0.4 is 4.90 Å². The predicted octanol–water partition coefficient (Wildman–Crippen LogP) is 4.08. The minimum Gasteiger partial charge on any atom is -0.363 e. The van der Waals surface area contributed by atoms with Gasteiger partial charge in [-0.1, -0.05) is 25.9 Å². The number of carbonyl (C=O) groups excluding carboxylic acids is 1. The second kappa shape index (κ2) is 5.88. The van der Waals surface area contributed by atoms with Gasteiger partial charge in [0.05, 0.1) is 10.6 Å². The first-order chi connectivity index (χ1) is 10.4. The highest BCUT2D eigenvalue weighted by atomic mass is 32.1. The van der Waals surface area contributed by atoms with E-state index in [1.54, 1.807) is 11.3 Å². The van der Waals surface area contributed by atoms with Crippen molar-refractivity contribution in [3.63, 3.8) is 0 Å². The minimum absolute atomic E-state index is 0.203. The summed E-state index contributed by atoms with van der Waals surface area (Å²) in [6.45, 7) is 8.38. The second-order valence-corrected chi connectivity index (χ2v) is 7.94. The first-order valence-electron chi connectivity index (χ1n) is 7.82. The summed E-state index contributed by atoms with van der Waals surface area (Å²) >= 11 is 1.73. The Morgan fingerprint density at radius 3 is 2.64 bits per heavy atom. The smallest absolute Gasteiger partial charge is 0.363 e. The molecular weight excluding hydrogens is 296 g/mol. The summed E-state index contributed by atoms with van der Waals surface area (Å²) < 4.78 is 0. The lowest BCUT2D eigenvalue weighted by molar-refractivity contribution is -0.136. The Morgan fingerprint density at radius 2 is 1.95 bits per heavy atom. The summed E-state index contributed by atoms with van der Waals surface area (Å²) in [6, 6.07) is 4.23. The van der Waals surface area contributed by atoms with E-state index in [0.717, 1.165) is 23.7 Å². The molecule has 1 fully saturated rings. The lowest BCUT2D eigenvalue weighted by Crippen LogP contribution is -2.28. The third kappa shape index (κ3) is 3.09. The Morgan fingerprint density at radius 1 is 1.23 bits per heavy atom. The molecule has 0 amide bonds. The number of thiophene rings is 1. The Bertz CT molecular complexity index is 631. The van der Waals surface area contributed by atoms with E-state index >= 15 is 0 Å². The maximum Gasteiger partial charge on any atom is 0.367 e. The zero-order valence-corrected chi connectivity index (χ0v) is 14.2. The molecule has 4 nitrogen and oxygen atoms in total. The highest BCUT2D eigenvalue weighted by Crippen LogP contribution is 2.33. The van der Waals surface area contributed by atoms with Crippen LogP contribution in [-0.4, -0.2) is 24.8 Å². The molecule has 22 heavy (non-hydrogen) atoms. The van der Waals surface area contributed by atoms with Crippen molar-refractivity contribution >= 4 is 34.1 Å². The van der Waals surface area contributed by atoms with Crippen molar-refractivity contribution in [1.82, 2.24) is 0 Å². The second-order valence-electron chi connectivity index (χ2n) is 6.85. The Kier molecular flexibility index (Phi) is 4.08. The topological polar surface area (TPSA) is 41.9 Å². The summed E-state index contributed by atoms with van der Waals surface area (Å²) in [5.41, 5.74) is 1.11. The summed E-state index contributed by atoms with van der Waals surface area (Å²) in [5.74, 6) is -0.349. The fourth-order valence-corrected chi connectivity index (χ4v) is 3.80. The van der Waals surface area contributed by atoms with Crippen LogP contribution in [0, 0.1) is 5.41 Å². The largest absolute Gasteiger partial charge is 0.367 e. The van der Waals surface area contributed by atoms with Crippen LogP contribution in [0.2, 0.25) is 0 Å². The van der Waals surface area contributed by atoms with E-state index in [2.05, 4.69) is 22.2 Å². The van der Waals surface area contributed by atoms with Gasteiger partial charge in [0.25, 0.3) is 0 Å². The lowest BCUT2D eigenvalue weighted by atomic mass is 9.85. The van der Waals surface area contributed by atoms with Gasteiger partial charge in [-0.15, -0.1) is 11.3 Å². The number of oxime groups is 1. The van der Waals surface area contributed by atoms with Gasteiger partial charge in [-0.05, 0) is 37.5 Å². The molecule has 0 aliphatic carbocycles. The number of piperidine rings is 1. The first-order valence-corrected chi connectivity index (χ1v) is 8.63. The number of anilines is 1. The predicted molar refractivity (Wildman–Crippen MR) is 91.3 cm³/mol. The molecule has 1 aromatic rings. The van der Waals surface area contributed by atoms with Crippen LogP contribution in [0.5, 0.6) is 0 Å². The molecule has 3 heterocycles. The van der Waals surface area contributed by atoms with E-state index in [-0.39, 0.29) is 11.4 Å². The van der Waals surface area contributed by atoms with Gasteiger partial charge in [0.2, 0.25) is 0 Å². The molecule has 0 unspecified atom stereocenters. The van der Waals surface area contributed by atoms with Crippen LogP contribution in [0.1, 0.15) is 44.9 Å². The Labute approximate surface area is 135 Å². The molecule has 2 aliphatic rings. The van der Waals surface area contributed by atoms with E-state index in [1.807, 2.05) is 26.8 Å². The fourth-order valence-electron chi connectivity index (χ4n) is 2.80. The van der Waals surface area contributed by atoms with Gasteiger partial charge in [0.1, 0.15) is 5.71 Å². The summed E-state index contributed by atoms with van der Waals surface area (Å²) in [5, 5.41) is 5.24. The Balaban J connectivity index is 1.84. The average molecular weight is 318 g/mol. The van der Waals surface area contributed by atoms with Gasteiger partial charge in [-0.2, -0.15) is 0 Å². The molecule has 0 bridgehead atoms. The van der Waals surface area contributed by atoms with Gasteiger partial charge < -0.3 is 9.74 Å². The zero-order chi connectivity index (χ0) is 15.7. The molecule has 118 valence electrons. The average Bonchev–Trinajstić information content (AvgIpc) is 3.08. The van der Waals surface area contributed by atoms with Gasteiger partial charge in [0.15, 0.2) is 0 Å². The third-order valence-electron chi connectivity index (χ3n) is 3.97. The zero-order valence-electron chi connectivity index (χ0n) is 13.4. The van der Waals surface area contributed by atoms with E-state index in [9.17, 15) is 4.79 Å². The molecular formula is C17H22N2O2S. The molecule has 0 atom stereocenters. The van der Waals surface area contributed by atoms with Crippen molar-refractivity contribution in [2.75, 3.05) is 18.0 Å². The SMILES string of the molecule is CC(C)(C)C1=NOC(=O)/C1=C\c1ccc(N2CCCCC2)s1. The number of hydrogen-bond acceptors (Lipinski definition) is 5. The standard InChI is InChI=1S/C17H22N2O2S/c1-17(2,3)15-13(16(20)21-18-15)11-12-7-8-14(22-12)19-9-5-4-6-10-19/h7-8,11H,4-6,9-10H2,1-3H3/b13-11-. The van der Waals surface area contributed by atoms with Crippen LogP contribution in [0.15, 0.2) is 22.9 Å². The fraction of sp³-hybridized carbons (Fsp3) is 0.529. The van der Waals surface area contributed by atoms with E-state index < -0.39 is 0 Å². The van der Waals surface area contributed by atoms with Gasteiger partial charge in [-0.25, -0.2) is 4.79 Å². The van der Waals surface area contributed by atoms with Crippen molar-refractivity contribution in [2.45, 2.75) is 40.0 Å². The van der Waals surface area contributed by atoms with E-state index in [0.29, 0.717) is 5.57 Å². The monoisotopic (exact) mass is 318 g/mol. The van der Waals surface area contributed by atoms with Gasteiger partial charge in [0, 0.05) is 23.4 Å². The highest BCUT2D eigenvalue weighted by molar-refractivity contribution is 7.17. The molecule has 0 spiro atoms. The van der Waals surface area contributed by atoms with Crippen LogP contribution in [0.25, 0.3) is 6.08 Å². The normalized spacial score (nSPS) is 21.2. The number of carbonyl (C=O) groups is 1. The third-order valence-corrected chi connectivity index (χ3v) is 5.07. The molecule has 1 saturated heterocycles. The first kappa shape index (κ1) is 15.3. The van der Waals surface area contributed by atoms with Gasteiger partial charge in [-0.3, -0.25) is 0 Å². The maximum absolute atomic E-state index is 11.9. The summed E-state index contributed by atoms with van der Waals surface area (Å²) in [4.78, 5) is 20.3. The highest BCUT2D eigenvalue weighted by Gasteiger charge is 2.34. The molecule has 2 aliphatic heterocycles. The lowest BCUT2D eigenvalue weighted by Gasteiger charge is -2.27. The summed E-state index contributed by atoms with van der Waals surface area (Å²) in [7, 11) is 0. The van der Waals surface area contributed by atoms with E-state index in [4.69, 9.17) is 4.84 Å². The molecule has 5 heteroatoms. The molecule has 0 radical (unpaired) electrons. The number of nitrogens with zero attached hydrogens (tertiary/aromatic N) is 2. The van der Waals surface area contributed by atoms with Crippen LogP contribution in [0.4, 0.5) is 5.00 Å². The van der Waals surface area contributed by atoms with Crippen LogP contribution in [-0.2, 0) is 9.63 Å². The van der Waals surface area contributed by atoms with E-state index in [1.165, 1.54) is 24.3 Å². The molecule has 1 aromatic heterocycles. The molecule has 0 aromatic carbocycles. The van der Waals surface area contributed by atoms with Crippen molar-refractivity contribution in [1.29, 1.82) is 0 Å².